The SMILES string of the molecule is CCOC(=O)c1cc(C(=O)C=C(O)c2nc[nH]n2)n(Cc2ccc(F)cc2)c1. The summed E-state index contributed by atoms with van der Waals surface area (Å²) in [5.41, 5.74) is 1.07. The van der Waals surface area contributed by atoms with Crippen LogP contribution in [-0.2, 0) is 11.3 Å². The third-order valence-corrected chi connectivity index (χ3v) is 3.84. The Balaban J connectivity index is 1.95. The van der Waals surface area contributed by atoms with Gasteiger partial charge in [0.2, 0.25) is 11.6 Å². The van der Waals surface area contributed by atoms with E-state index in [-0.39, 0.29) is 36.1 Å². The average molecular weight is 384 g/mol. The number of aliphatic hydroxyl groups excluding tert-OH is 1. The predicted octanol–water partition coefficient (Wildman–Crippen LogP) is 2.75. The number of ether oxygens (including phenoxy) is 1. The number of nitrogens with zero attached hydrogens (tertiary/aromatic N) is 3. The van der Waals surface area contributed by atoms with Crippen LogP contribution in [0, 0.1) is 5.82 Å². The lowest BCUT2D eigenvalue weighted by molar-refractivity contribution is 0.0526. The van der Waals surface area contributed by atoms with Crippen molar-refractivity contribution in [1.29, 1.82) is 0 Å². The smallest absolute Gasteiger partial charge is 0.339 e. The van der Waals surface area contributed by atoms with Crippen LogP contribution in [0.15, 0.2) is 48.9 Å². The zero-order valence-corrected chi connectivity index (χ0v) is 14.9. The maximum absolute atomic E-state index is 13.1. The lowest BCUT2D eigenvalue weighted by Crippen LogP contribution is -2.08. The van der Waals surface area contributed by atoms with E-state index in [1.807, 2.05) is 0 Å². The van der Waals surface area contributed by atoms with Crippen molar-refractivity contribution in [2.24, 2.45) is 0 Å². The molecule has 144 valence electrons. The van der Waals surface area contributed by atoms with E-state index in [0.29, 0.717) is 0 Å². The number of benzene rings is 1. The standard InChI is InChI=1S/C19H17FN4O4/c1-2-28-19(27)13-7-15(16(25)8-17(26)18-21-11-22-23-18)24(10-13)9-12-3-5-14(20)6-4-12/h3-8,10-11,26H,2,9H2,1H3,(H,21,22,23). The maximum atomic E-state index is 13.1. The number of rotatable bonds is 7. The first-order valence-corrected chi connectivity index (χ1v) is 8.40. The van der Waals surface area contributed by atoms with E-state index in [1.165, 1.54) is 35.3 Å². The van der Waals surface area contributed by atoms with Crippen molar-refractivity contribution in [2.45, 2.75) is 13.5 Å². The number of carbonyl (C=O) groups excluding carboxylic acids is 2. The Morgan fingerprint density at radius 2 is 2.07 bits per heavy atom. The van der Waals surface area contributed by atoms with Gasteiger partial charge in [0.15, 0.2) is 5.76 Å². The van der Waals surface area contributed by atoms with E-state index in [9.17, 15) is 19.1 Å². The fourth-order valence-electron chi connectivity index (χ4n) is 2.56. The van der Waals surface area contributed by atoms with Gasteiger partial charge in [0, 0.05) is 18.8 Å². The highest BCUT2D eigenvalue weighted by molar-refractivity contribution is 6.08. The van der Waals surface area contributed by atoms with Gasteiger partial charge >= 0.3 is 5.97 Å². The quantitative estimate of drug-likeness (QED) is 0.281. The van der Waals surface area contributed by atoms with Gasteiger partial charge in [0.05, 0.1) is 17.9 Å². The molecule has 0 bridgehead atoms. The van der Waals surface area contributed by atoms with Crippen LogP contribution in [0.3, 0.4) is 0 Å². The molecule has 0 fully saturated rings. The van der Waals surface area contributed by atoms with Crippen LogP contribution in [0.5, 0.6) is 0 Å². The van der Waals surface area contributed by atoms with Crippen molar-refractivity contribution in [3.8, 4) is 0 Å². The van der Waals surface area contributed by atoms with Crippen molar-refractivity contribution in [3.63, 3.8) is 0 Å². The number of carbonyl (C=O) groups is 2. The second-order valence-electron chi connectivity index (χ2n) is 5.81. The van der Waals surface area contributed by atoms with Crippen LogP contribution < -0.4 is 0 Å². The number of halogens is 1. The summed E-state index contributed by atoms with van der Waals surface area (Å²) in [6.07, 6.45) is 3.71. The molecule has 1 aromatic carbocycles. The molecule has 3 rings (SSSR count). The molecule has 2 aromatic heterocycles. The molecule has 28 heavy (non-hydrogen) atoms. The Hall–Kier alpha value is -3.75. The number of aromatic amines is 1. The van der Waals surface area contributed by atoms with E-state index < -0.39 is 17.5 Å². The molecule has 8 nitrogen and oxygen atoms in total. The monoisotopic (exact) mass is 384 g/mol. The molecular weight excluding hydrogens is 367 g/mol. The minimum absolute atomic E-state index is 0.0318. The number of aliphatic hydroxyl groups is 1. The van der Waals surface area contributed by atoms with Crippen LogP contribution in [0.4, 0.5) is 4.39 Å². The van der Waals surface area contributed by atoms with Crippen molar-refractivity contribution in [3.05, 3.63) is 77.4 Å². The molecule has 2 N–H and O–H groups in total. The highest BCUT2D eigenvalue weighted by Crippen LogP contribution is 2.16. The predicted molar refractivity (Wildman–Crippen MR) is 97.2 cm³/mol. The number of allylic oxidation sites excluding steroid dienone is 1. The summed E-state index contributed by atoms with van der Waals surface area (Å²) < 4.78 is 19.6. The molecule has 0 unspecified atom stereocenters. The third-order valence-electron chi connectivity index (χ3n) is 3.84. The molecule has 0 aliphatic carbocycles. The molecule has 2 heterocycles. The van der Waals surface area contributed by atoms with Crippen molar-refractivity contribution < 1.29 is 23.8 Å². The van der Waals surface area contributed by atoms with Crippen LogP contribution in [0.1, 0.15) is 39.2 Å². The molecule has 0 aliphatic heterocycles. The molecule has 0 atom stereocenters. The first-order valence-electron chi connectivity index (χ1n) is 8.40. The van der Waals surface area contributed by atoms with Gasteiger partial charge in [-0.2, -0.15) is 5.10 Å². The second kappa shape index (κ2) is 8.30. The van der Waals surface area contributed by atoms with Gasteiger partial charge in [-0.25, -0.2) is 14.2 Å². The molecule has 0 amide bonds. The summed E-state index contributed by atoms with van der Waals surface area (Å²) in [4.78, 5) is 28.5. The molecule has 0 aliphatic rings. The van der Waals surface area contributed by atoms with Gasteiger partial charge in [-0.1, -0.05) is 12.1 Å². The van der Waals surface area contributed by atoms with Gasteiger partial charge in [0.25, 0.3) is 0 Å². The Kier molecular flexibility index (Phi) is 5.64. The summed E-state index contributed by atoms with van der Waals surface area (Å²) in [6.45, 7) is 2.09. The topological polar surface area (TPSA) is 110 Å². The third kappa shape index (κ3) is 4.32. The second-order valence-corrected chi connectivity index (χ2v) is 5.81. The van der Waals surface area contributed by atoms with Gasteiger partial charge in [-0.3, -0.25) is 9.89 Å². The maximum Gasteiger partial charge on any atom is 0.339 e. The molecular formula is C19H17FN4O4. The van der Waals surface area contributed by atoms with Gasteiger partial charge < -0.3 is 14.4 Å². The fourth-order valence-corrected chi connectivity index (χ4v) is 2.56. The first kappa shape index (κ1) is 19.0. The molecule has 0 saturated heterocycles. The number of hydrogen-bond acceptors (Lipinski definition) is 6. The van der Waals surface area contributed by atoms with Gasteiger partial charge in [0.1, 0.15) is 12.1 Å². The highest BCUT2D eigenvalue weighted by atomic mass is 19.1. The van der Waals surface area contributed by atoms with Crippen molar-refractivity contribution >= 4 is 17.5 Å². The average Bonchev–Trinajstić information content (AvgIpc) is 3.34. The van der Waals surface area contributed by atoms with E-state index in [0.717, 1.165) is 11.6 Å². The van der Waals surface area contributed by atoms with Crippen molar-refractivity contribution in [1.82, 2.24) is 19.7 Å². The van der Waals surface area contributed by atoms with Crippen LogP contribution in [-0.4, -0.2) is 43.2 Å². The zero-order chi connectivity index (χ0) is 20.1. The fraction of sp³-hybridized carbons (Fsp3) is 0.158. The Morgan fingerprint density at radius 1 is 1.32 bits per heavy atom. The lowest BCUT2D eigenvalue weighted by atomic mass is 10.2. The van der Waals surface area contributed by atoms with E-state index >= 15 is 0 Å². The van der Waals surface area contributed by atoms with Gasteiger partial charge in [-0.15, -0.1) is 0 Å². The van der Waals surface area contributed by atoms with Gasteiger partial charge in [-0.05, 0) is 30.7 Å². The normalized spacial score (nSPS) is 11.4. The number of esters is 1. The number of nitrogens with one attached hydrogen (secondary N) is 1. The number of aromatic nitrogens is 4. The summed E-state index contributed by atoms with van der Waals surface area (Å²) in [7, 11) is 0. The highest BCUT2D eigenvalue weighted by Gasteiger charge is 2.18. The summed E-state index contributed by atoms with van der Waals surface area (Å²) in [6, 6.07) is 7.15. The number of ketones is 1. The van der Waals surface area contributed by atoms with E-state index in [2.05, 4.69) is 15.2 Å². The Labute approximate surface area is 159 Å². The zero-order valence-electron chi connectivity index (χ0n) is 14.9. The largest absolute Gasteiger partial charge is 0.504 e. The Bertz CT molecular complexity index is 1010. The van der Waals surface area contributed by atoms with Crippen molar-refractivity contribution in [2.75, 3.05) is 6.61 Å². The molecule has 9 heteroatoms. The lowest BCUT2D eigenvalue weighted by Gasteiger charge is -2.07. The van der Waals surface area contributed by atoms with E-state index in [1.54, 1.807) is 19.1 Å². The minimum Gasteiger partial charge on any atom is -0.504 e. The summed E-state index contributed by atoms with van der Waals surface area (Å²) >= 11 is 0. The number of hydrogen-bond donors (Lipinski definition) is 2. The Morgan fingerprint density at radius 3 is 2.71 bits per heavy atom. The van der Waals surface area contributed by atoms with Crippen LogP contribution in [0.2, 0.25) is 0 Å². The van der Waals surface area contributed by atoms with E-state index in [4.69, 9.17) is 4.74 Å². The number of H-pyrrole nitrogens is 1. The minimum atomic E-state index is -0.573. The molecule has 0 radical (unpaired) electrons. The molecule has 3 aromatic rings. The first-order chi connectivity index (χ1) is 13.5. The summed E-state index contributed by atoms with van der Waals surface area (Å²) in [5.74, 6) is -1.95. The molecule has 0 spiro atoms. The van der Waals surface area contributed by atoms with Crippen LogP contribution >= 0.6 is 0 Å². The van der Waals surface area contributed by atoms with Crippen LogP contribution in [0.25, 0.3) is 5.76 Å². The molecule has 0 saturated carbocycles. The summed E-state index contributed by atoms with van der Waals surface area (Å²) in [5, 5.41) is 16.1.